The monoisotopic (exact) mass is 358 g/mol. The van der Waals surface area contributed by atoms with Gasteiger partial charge in [0.15, 0.2) is 0 Å². The Morgan fingerprint density at radius 3 is 2.52 bits per heavy atom. The first-order chi connectivity index (χ1) is 12.2. The van der Waals surface area contributed by atoms with E-state index in [1.54, 1.807) is 4.90 Å². The second-order valence-electron chi connectivity index (χ2n) is 6.47. The van der Waals surface area contributed by atoms with Crippen LogP contribution in [0.5, 0.6) is 0 Å². The molecule has 2 aromatic rings. The van der Waals surface area contributed by atoms with Gasteiger partial charge in [-0.2, -0.15) is 0 Å². The lowest BCUT2D eigenvalue weighted by atomic mass is 10.1. The van der Waals surface area contributed by atoms with Crippen molar-refractivity contribution in [3.63, 3.8) is 0 Å². The fourth-order valence-electron chi connectivity index (χ4n) is 3.24. The number of piperazine rings is 1. The zero-order valence-corrected chi connectivity index (χ0v) is 15.4. The molecule has 0 aromatic heterocycles. The Kier molecular flexibility index (Phi) is 5.95. The van der Waals surface area contributed by atoms with Crippen molar-refractivity contribution in [1.82, 2.24) is 0 Å². The van der Waals surface area contributed by atoms with E-state index < -0.39 is 0 Å². The van der Waals surface area contributed by atoms with Gasteiger partial charge in [-0.25, -0.2) is 0 Å². The molecule has 2 N–H and O–H groups in total. The fourth-order valence-corrected chi connectivity index (χ4v) is 3.55. The minimum Gasteiger partial charge on any atom is -0.359 e. The summed E-state index contributed by atoms with van der Waals surface area (Å²) in [4.78, 5) is 16.1. The number of carbonyl (C=O) groups is 1. The van der Waals surface area contributed by atoms with Crippen LogP contribution in [-0.2, 0) is 11.2 Å². The molecule has 0 atom stereocenters. The van der Waals surface area contributed by atoms with Crippen molar-refractivity contribution in [1.29, 1.82) is 0 Å². The van der Waals surface area contributed by atoms with Gasteiger partial charge in [0.2, 0.25) is 5.91 Å². The van der Waals surface area contributed by atoms with Crippen molar-refractivity contribution in [3.8, 4) is 0 Å². The van der Waals surface area contributed by atoms with Gasteiger partial charge in [0.05, 0.1) is 49.9 Å². The van der Waals surface area contributed by atoms with Crippen molar-refractivity contribution in [3.05, 3.63) is 59.1 Å². The molecule has 1 aliphatic heterocycles. The molecular formula is C20H25ClN3O+. The van der Waals surface area contributed by atoms with Gasteiger partial charge < -0.3 is 15.1 Å². The maximum absolute atomic E-state index is 12.2. The number of likely N-dealkylation sites (N-methyl/N-ethyl adjacent to an activating group) is 1. The highest BCUT2D eigenvalue weighted by molar-refractivity contribution is 6.33. The Morgan fingerprint density at radius 1 is 1.16 bits per heavy atom. The van der Waals surface area contributed by atoms with E-state index in [-0.39, 0.29) is 5.91 Å². The van der Waals surface area contributed by atoms with Crippen molar-refractivity contribution >= 4 is 28.9 Å². The van der Waals surface area contributed by atoms with Crippen LogP contribution in [0.25, 0.3) is 0 Å². The van der Waals surface area contributed by atoms with Gasteiger partial charge in [-0.15, -0.1) is 0 Å². The summed E-state index contributed by atoms with van der Waals surface area (Å²) >= 11 is 6.48. The number of carbonyl (C=O) groups excluding carboxylic acids is 1. The molecule has 1 heterocycles. The van der Waals surface area contributed by atoms with Gasteiger partial charge >= 0.3 is 0 Å². The Bertz CT molecular complexity index is 712. The lowest BCUT2D eigenvalue weighted by Crippen LogP contribution is -3.14. The molecule has 0 bridgehead atoms. The lowest BCUT2D eigenvalue weighted by Gasteiger charge is -2.33. The van der Waals surface area contributed by atoms with Crippen molar-refractivity contribution in [2.24, 2.45) is 0 Å². The molecule has 0 unspecified atom stereocenters. The lowest BCUT2D eigenvalue weighted by molar-refractivity contribution is -0.898. The molecule has 25 heavy (non-hydrogen) atoms. The first-order valence-electron chi connectivity index (χ1n) is 8.87. The Balaban J connectivity index is 1.61. The van der Waals surface area contributed by atoms with Crippen LogP contribution in [0.2, 0.25) is 5.02 Å². The third kappa shape index (κ3) is 4.74. The molecule has 0 radical (unpaired) electrons. The summed E-state index contributed by atoms with van der Waals surface area (Å²) in [5.74, 6) is -0.0322. The van der Waals surface area contributed by atoms with E-state index >= 15 is 0 Å². The van der Waals surface area contributed by atoms with Crippen molar-refractivity contribution < 1.29 is 9.69 Å². The Hall–Kier alpha value is -2.04. The number of rotatable bonds is 5. The van der Waals surface area contributed by atoms with E-state index in [1.807, 2.05) is 48.5 Å². The molecule has 0 saturated carbocycles. The van der Waals surface area contributed by atoms with Crippen LogP contribution in [0.1, 0.15) is 12.5 Å². The van der Waals surface area contributed by atoms with Gasteiger partial charge in [0, 0.05) is 5.69 Å². The highest BCUT2D eigenvalue weighted by Crippen LogP contribution is 2.29. The summed E-state index contributed by atoms with van der Waals surface area (Å²) in [6.07, 6.45) is 0.363. The topological polar surface area (TPSA) is 36.8 Å². The summed E-state index contributed by atoms with van der Waals surface area (Å²) in [5.41, 5.74) is 2.80. The molecule has 132 valence electrons. The molecule has 1 fully saturated rings. The Morgan fingerprint density at radius 2 is 1.88 bits per heavy atom. The molecule has 1 aliphatic rings. The minimum absolute atomic E-state index is 0.0322. The van der Waals surface area contributed by atoms with Crippen molar-refractivity contribution in [2.75, 3.05) is 42.9 Å². The average Bonchev–Trinajstić information content (AvgIpc) is 2.63. The molecule has 1 saturated heterocycles. The predicted octanol–water partition coefficient (Wildman–Crippen LogP) is 2.25. The van der Waals surface area contributed by atoms with E-state index in [4.69, 9.17) is 11.6 Å². The van der Waals surface area contributed by atoms with Gasteiger partial charge in [-0.3, -0.25) is 4.79 Å². The van der Waals surface area contributed by atoms with Crippen LogP contribution < -0.4 is 15.1 Å². The number of amides is 1. The van der Waals surface area contributed by atoms with E-state index in [2.05, 4.69) is 17.1 Å². The predicted molar refractivity (Wildman–Crippen MR) is 104 cm³/mol. The standard InChI is InChI=1S/C20H24ClN3O/c1-2-23-10-12-24(13-11-23)19-9-8-17(15-18(19)21)22-20(25)14-16-6-4-3-5-7-16/h3-9,15H,2,10-14H2,1H3,(H,22,25)/p+1. The quantitative estimate of drug-likeness (QED) is 0.860. The number of nitrogens with zero attached hydrogens (tertiary/aromatic N) is 1. The van der Waals surface area contributed by atoms with Gasteiger partial charge in [-0.05, 0) is 30.7 Å². The Labute approximate surface area is 154 Å². The molecule has 4 nitrogen and oxygen atoms in total. The first kappa shape index (κ1) is 17.8. The number of benzene rings is 2. The zero-order chi connectivity index (χ0) is 17.6. The molecule has 0 spiro atoms. The van der Waals surface area contributed by atoms with E-state index in [9.17, 15) is 4.79 Å². The molecule has 5 heteroatoms. The average molecular weight is 359 g/mol. The second kappa shape index (κ2) is 8.37. The smallest absolute Gasteiger partial charge is 0.228 e. The van der Waals surface area contributed by atoms with Gasteiger partial charge in [-0.1, -0.05) is 41.9 Å². The van der Waals surface area contributed by atoms with Crippen LogP contribution in [0.4, 0.5) is 11.4 Å². The maximum Gasteiger partial charge on any atom is 0.228 e. The highest BCUT2D eigenvalue weighted by atomic mass is 35.5. The van der Waals surface area contributed by atoms with E-state index in [0.717, 1.165) is 43.1 Å². The summed E-state index contributed by atoms with van der Waals surface area (Å²) in [7, 11) is 0. The summed E-state index contributed by atoms with van der Waals surface area (Å²) in [5, 5.41) is 3.62. The van der Waals surface area contributed by atoms with Crippen LogP contribution in [-0.4, -0.2) is 38.6 Å². The molecule has 1 amide bonds. The summed E-state index contributed by atoms with van der Waals surface area (Å²) < 4.78 is 0. The molecule has 3 rings (SSSR count). The van der Waals surface area contributed by atoms with E-state index in [0.29, 0.717) is 11.4 Å². The number of quaternary nitrogens is 1. The largest absolute Gasteiger partial charge is 0.359 e. The summed E-state index contributed by atoms with van der Waals surface area (Å²) in [6.45, 7) is 7.72. The first-order valence-corrected chi connectivity index (χ1v) is 9.25. The van der Waals surface area contributed by atoms with Crippen LogP contribution in [0.15, 0.2) is 48.5 Å². The van der Waals surface area contributed by atoms with E-state index in [1.165, 1.54) is 6.54 Å². The third-order valence-electron chi connectivity index (χ3n) is 4.75. The second-order valence-corrected chi connectivity index (χ2v) is 6.87. The number of halogens is 1. The minimum atomic E-state index is -0.0322. The van der Waals surface area contributed by atoms with Gasteiger partial charge in [0.25, 0.3) is 0 Å². The third-order valence-corrected chi connectivity index (χ3v) is 5.05. The number of hydrogen-bond acceptors (Lipinski definition) is 2. The van der Waals surface area contributed by atoms with Crippen LogP contribution >= 0.6 is 11.6 Å². The molecule has 2 aromatic carbocycles. The van der Waals surface area contributed by atoms with Crippen LogP contribution in [0.3, 0.4) is 0 Å². The van der Waals surface area contributed by atoms with Crippen molar-refractivity contribution in [2.45, 2.75) is 13.3 Å². The molecular weight excluding hydrogens is 334 g/mol. The maximum atomic E-state index is 12.2. The SMILES string of the molecule is CC[NH+]1CCN(c2ccc(NC(=O)Cc3ccccc3)cc2Cl)CC1. The highest BCUT2D eigenvalue weighted by Gasteiger charge is 2.20. The van der Waals surface area contributed by atoms with Crippen LogP contribution in [0, 0.1) is 0 Å². The summed E-state index contributed by atoms with van der Waals surface area (Å²) in [6, 6.07) is 15.5. The normalized spacial score (nSPS) is 15.2. The number of hydrogen-bond donors (Lipinski definition) is 2. The number of nitrogens with one attached hydrogen (secondary N) is 2. The van der Waals surface area contributed by atoms with Gasteiger partial charge in [0.1, 0.15) is 0 Å². The number of anilines is 2. The zero-order valence-electron chi connectivity index (χ0n) is 14.6. The fraction of sp³-hybridized carbons (Fsp3) is 0.350. The molecule has 0 aliphatic carbocycles.